The van der Waals surface area contributed by atoms with Gasteiger partial charge in [-0.3, -0.25) is 4.57 Å². The molecule has 9 heteroatoms. The quantitative estimate of drug-likeness (QED) is 0.101. The molecular formula is C26H37IN4O2Si2. The van der Waals surface area contributed by atoms with Gasteiger partial charge in [-0.1, -0.05) is 51.4 Å². The molecule has 4 aromatic rings. The molecule has 2 aromatic heterocycles. The average Bonchev–Trinajstić information content (AvgIpc) is 3.31. The van der Waals surface area contributed by atoms with Crippen molar-refractivity contribution in [1.29, 1.82) is 0 Å². The van der Waals surface area contributed by atoms with E-state index in [9.17, 15) is 0 Å². The van der Waals surface area contributed by atoms with E-state index in [-0.39, 0.29) is 0 Å². The van der Waals surface area contributed by atoms with Gasteiger partial charge in [0, 0.05) is 38.3 Å². The second kappa shape index (κ2) is 10.8. The van der Waals surface area contributed by atoms with Gasteiger partial charge >= 0.3 is 0 Å². The highest BCUT2D eigenvalue weighted by Gasteiger charge is 2.21. The molecule has 2 aromatic carbocycles. The smallest absolute Gasteiger partial charge is 0.164 e. The Hall–Kier alpha value is -1.54. The number of benzene rings is 2. The summed E-state index contributed by atoms with van der Waals surface area (Å²) in [6.07, 6.45) is 0. The number of fused-ring (bicyclic) bond motifs is 2. The molecule has 0 aliphatic heterocycles. The molecule has 0 aliphatic rings. The molecule has 2 heterocycles. The minimum Gasteiger partial charge on any atom is -0.361 e. The van der Waals surface area contributed by atoms with E-state index in [2.05, 4.69) is 103 Å². The monoisotopic (exact) mass is 620 g/mol. The number of halogens is 1. The van der Waals surface area contributed by atoms with E-state index in [0.717, 1.165) is 58.8 Å². The van der Waals surface area contributed by atoms with Crippen molar-refractivity contribution in [3.63, 3.8) is 0 Å². The Bertz CT molecular complexity index is 1300. The lowest BCUT2D eigenvalue weighted by atomic mass is 10.2. The first-order chi connectivity index (χ1) is 16.5. The van der Waals surface area contributed by atoms with Crippen LogP contribution in [0.5, 0.6) is 0 Å². The molecule has 6 nitrogen and oxygen atoms in total. The third-order valence-electron chi connectivity index (χ3n) is 6.01. The predicted octanol–water partition coefficient (Wildman–Crippen LogP) is 7.28. The maximum Gasteiger partial charge on any atom is 0.164 e. The van der Waals surface area contributed by atoms with Gasteiger partial charge in [0.15, 0.2) is 5.82 Å². The summed E-state index contributed by atoms with van der Waals surface area (Å²) in [6, 6.07) is 17.0. The zero-order valence-electron chi connectivity index (χ0n) is 21.8. The summed E-state index contributed by atoms with van der Waals surface area (Å²) in [7, 11) is -2.30. The van der Waals surface area contributed by atoms with Crippen LogP contribution in [0.2, 0.25) is 51.4 Å². The molecule has 0 saturated carbocycles. The van der Waals surface area contributed by atoms with Gasteiger partial charge in [0.05, 0.1) is 16.6 Å². The van der Waals surface area contributed by atoms with E-state index in [0.29, 0.717) is 13.5 Å². The summed E-state index contributed by atoms with van der Waals surface area (Å²) in [6.45, 7) is 16.7. The van der Waals surface area contributed by atoms with E-state index < -0.39 is 16.1 Å². The topological polar surface area (TPSA) is 54.1 Å². The molecule has 0 N–H and O–H groups in total. The Labute approximate surface area is 224 Å². The van der Waals surface area contributed by atoms with Crippen LogP contribution in [0.1, 0.15) is 0 Å². The van der Waals surface area contributed by atoms with Gasteiger partial charge in [0.1, 0.15) is 19.2 Å². The lowest BCUT2D eigenvalue weighted by Gasteiger charge is -2.16. The molecule has 0 amide bonds. The summed E-state index contributed by atoms with van der Waals surface area (Å²) in [4.78, 5) is 5.00. The number of hydrogen-bond acceptors (Lipinski definition) is 4. The fourth-order valence-electron chi connectivity index (χ4n) is 3.86. The summed E-state index contributed by atoms with van der Waals surface area (Å²) in [5.41, 5.74) is 3.96. The van der Waals surface area contributed by atoms with Crippen molar-refractivity contribution in [2.24, 2.45) is 0 Å². The predicted molar refractivity (Wildman–Crippen MR) is 159 cm³/mol. The Kier molecular flexibility index (Phi) is 8.21. The van der Waals surface area contributed by atoms with Crippen LogP contribution >= 0.6 is 22.6 Å². The van der Waals surface area contributed by atoms with Crippen LogP contribution in [0.25, 0.3) is 33.5 Å². The highest BCUT2D eigenvalue weighted by atomic mass is 127. The average molecular weight is 621 g/mol. The van der Waals surface area contributed by atoms with Crippen LogP contribution < -0.4 is 0 Å². The second-order valence-electron chi connectivity index (χ2n) is 11.6. The highest BCUT2D eigenvalue weighted by molar-refractivity contribution is 14.1. The standard InChI is InChI=1S/C26H37IN4O2Si2/c1-34(2,3)15-13-32-18-30-23-10-8-7-9-22(23)28-26(30)25-21-12-11-20(27)17-24(21)31(29-25)19-33-14-16-35(4,5)6/h7-12,17H,13-16,18-19H2,1-6H3. The van der Waals surface area contributed by atoms with E-state index in [1.807, 2.05) is 10.7 Å². The molecule has 188 valence electrons. The van der Waals surface area contributed by atoms with Crippen LogP contribution in [0.4, 0.5) is 0 Å². The van der Waals surface area contributed by atoms with Crippen LogP contribution in [-0.4, -0.2) is 48.7 Å². The number of nitrogens with zero attached hydrogens (tertiary/aromatic N) is 4. The largest absolute Gasteiger partial charge is 0.361 e. The molecule has 0 atom stereocenters. The third kappa shape index (κ3) is 6.82. The molecule has 0 saturated heterocycles. The normalized spacial score (nSPS) is 12.8. The minimum atomic E-state index is -1.15. The highest BCUT2D eigenvalue weighted by Crippen LogP contribution is 2.31. The number of ether oxygens (including phenoxy) is 2. The van der Waals surface area contributed by atoms with Gasteiger partial charge in [-0.05, 0) is 65.0 Å². The van der Waals surface area contributed by atoms with Gasteiger partial charge in [0.2, 0.25) is 0 Å². The summed E-state index contributed by atoms with van der Waals surface area (Å²) in [5.74, 6) is 0.839. The van der Waals surface area contributed by atoms with Gasteiger partial charge in [-0.25, -0.2) is 9.67 Å². The number of imidazole rings is 1. The van der Waals surface area contributed by atoms with E-state index in [1.165, 1.54) is 3.57 Å². The third-order valence-corrected chi connectivity index (χ3v) is 10.1. The first kappa shape index (κ1) is 26.5. The molecule has 0 unspecified atom stereocenters. The van der Waals surface area contributed by atoms with Gasteiger partial charge < -0.3 is 9.47 Å². The molecule has 0 aliphatic carbocycles. The molecule has 0 radical (unpaired) electrons. The first-order valence-electron chi connectivity index (χ1n) is 12.3. The summed E-state index contributed by atoms with van der Waals surface area (Å²) in [5, 5.41) is 6.11. The number of rotatable bonds is 11. The number of aromatic nitrogens is 4. The van der Waals surface area contributed by atoms with Gasteiger partial charge in [-0.2, -0.15) is 5.10 Å². The fourth-order valence-corrected chi connectivity index (χ4v) is 5.85. The molecule has 4 rings (SSSR count). The lowest BCUT2D eigenvalue weighted by Crippen LogP contribution is -2.22. The van der Waals surface area contributed by atoms with Crippen molar-refractivity contribution >= 4 is 60.7 Å². The molecular weight excluding hydrogens is 583 g/mol. The number of hydrogen-bond donors (Lipinski definition) is 0. The van der Waals surface area contributed by atoms with Crippen molar-refractivity contribution in [3.8, 4) is 11.5 Å². The van der Waals surface area contributed by atoms with Crippen LogP contribution in [-0.2, 0) is 22.9 Å². The Morgan fingerprint density at radius 1 is 0.829 bits per heavy atom. The Morgan fingerprint density at radius 3 is 2.17 bits per heavy atom. The zero-order chi connectivity index (χ0) is 25.2. The Morgan fingerprint density at radius 2 is 1.49 bits per heavy atom. The van der Waals surface area contributed by atoms with Crippen molar-refractivity contribution < 1.29 is 9.47 Å². The van der Waals surface area contributed by atoms with Crippen LogP contribution in [0, 0.1) is 3.57 Å². The van der Waals surface area contributed by atoms with E-state index in [4.69, 9.17) is 19.6 Å². The Balaban J connectivity index is 1.69. The first-order valence-corrected chi connectivity index (χ1v) is 20.8. The molecule has 0 bridgehead atoms. The molecule has 0 spiro atoms. The molecule has 0 fully saturated rings. The number of para-hydroxylation sites is 2. The van der Waals surface area contributed by atoms with Gasteiger partial charge in [0.25, 0.3) is 0 Å². The maximum absolute atomic E-state index is 6.17. The lowest BCUT2D eigenvalue weighted by molar-refractivity contribution is 0.0816. The van der Waals surface area contributed by atoms with Crippen molar-refractivity contribution in [1.82, 2.24) is 19.3 Å². The molecule has 35 heavy (non-hydrogen) atoms. The minimum absolute atomic E-state index is 0.439. The maximum atomic E-state index is 6.17. The zero-order valence-corrected chi connectivity index (χ0v) is 25.9. The van der Waals surface area contributed by atoms with Crippen molar-refractivity contribution in [3.05, 3.63) is 46.0 Å². The second-order valence-corrected chi connectivity index (χ2v) is 24.0. The summed E-state index contributed by atoms with van der Waals surface area (Å²) < 4.78 is 17.6. The van der Waals surface area contributed by atoms with Crippen LogP contribution in [0.15, 0.2) is 42.5 Å². The SMILES string of the molecule is C[Si](C)(C)CCOCn1nc(-c2nc3ccccc3n2COCC[Si](C)(C)C)c2ccc(I)cc21. The fraction of sp³-hybridized carbons (Fsp3) is 0.462. The van der Waals surface area contributed by atoms with E-state index in [1.54, 1.807) is 0 Å². The van der Waals surface area contributed by atoms with Gasteiger partial charge in [-0.15, -0.1) is 0 Å². The van der Waals surface area contributed by atoms with E-state index >= 15 is 0 Å². The summed E-state index contributed by atoms with van der Waals surface area (Å²) >= 11 is 2.36. The van der Waals surface area contributed by atoms with Crippen molar-refractivity contribution in [2.75, 3.05) is 13.2 Å². The van der Waals surface area contributed by atoms with Crippen molar-refractivity contribution in [2.45, 2.75) is 64.8 Å². The van der Waals surface area contributed by atoms with Crippen LogP contribution in [0.3, 0.4) is 0 Å².